The van der Waals surface area contributed by atoms with E-state index in [0.29, 0.717) is 15.6 Å². The van der Waals surface area contributed by atoms with E-state index in [-0.39, 0.29) is 27.1 Å². The Hall–Kier alpha value is -2.87. The smallest absolute Gasteiger partial charge is 0.329 e. The lowest BCUT2D eigenvalue weighted by molar-refractivity contribution is -0.136. The highest BCUT2D eigenvalue weighted by Gasteiger charge is 2.14. The summed E-state index contributed by atoms with van der Waals surface area (Å²) in [7, 11) is 0. The van der Waals surface area contributed by atoms with Crippen LogP contribution < -0.4 is 16.2 Å². The van der Waals surface area contributed by atoms with Crippen LogP contribution in [0.5, 0.6) is 0 Å². The molecule has 0 aliphatic carbocycles. The molecule has 3 rings (SSSR count). The number of carbonyl (C=O) groups excluding carboxylic acids is 2. The topological polar surface area (TPSA) is 101 Å². The Labute approximate surface area is 172 Å². The van der Waals surface area contributed by atoms with Crippen molar-refractivity contribution in [3.05, 3.63) is 73.5 Å². The SMILES string of the molecule is O=C(N/N=C/c1coc2ccc(Cl)cc2c1=O)C(=O)Nc1ccc(Cl)c(Cl)c1. The van der Waals surface area contributed by atoms with Gasteiger partial charge in [0.25, 0.3) is 0 Å². The van der Waals surface area contributed by atoms with Gasteiger partial charge in [0.15, 0.2) is 0 Å². The largest absolute Gasteiger partial charge is 0.463 e. The highest BCUT2D eigenvalue weighted by Crippen LogP contribution is 2.24. The average molecular weight is 439 g/mol. The van der Waals surface area contributed by atoms with Crippen LogP contribution in [-0.2, 0) is 9.59 Å². The summed E-state index contributed by atoms with van der Waals surface area (Å²) in [6.07, 6.45) is 2.25. The zero-order valence-electron chi connectivity index (χ0n) is 13.8. The second-order valence-corrected chi connectivity index (χ2v) is 6.69. The molecule has 0 aliphatic heterocycles. The molecule has 2 aromatic carbocycles. The van der Waals surface area contributed by atoms with Crippen LogP contribution in [0.3, 0.4) is 0 Å². The average Bonchev–Trinajstić information content (AvgIpc) is 2.66. The standard InChI is InChI=1S/C18H10Cl3N3O4/c19-10-1-4-15-12(5-10)16(25)9(8-28-15)7-22-24-18(27)17(26)23-11-2-3-13(20)14(21)6-11/h1-8H,(H,23,26)(H,24,27)/b22-7+. The highest BCUT2D eigenvalue weighted by molar-refractivity contribution is 6.43. The van der Waals surface area contributed by atoms with Crippen molar-refractivity contribution >= 4 is 69.5 Å². The minimum Gasteiger partial charge on any atom is -0.463 e. The summed E-state index contributed by atoms with van der Waals surface area (Å²) in [5.74, 6) is -2.02. The molecule has 1 heterocycles. The maximum Gasteiger partial charge on any atom is 0.329 e. The first kappa shape index (κ1) is 19.9. The Morgan fingerprint density at radius 3 is 2.54 bits per heavy atom. The Kier molecular flexibility index (Phi) is 5.99. The summed E-state index contributed by atoms with van der Waals surface area (Å²) in [6, 6.07) is 8.96. The number of hydrazone groups is 1. The lowest BCUT2D eigenvalue weighted by Gasteiger charge is -2.05. The lowest BCUT2D eigenvalue weighted by Crippen LogP contribution is -2.32. The molecule has 2 N–H and O–H groups in total. The molecular weight excluding hydrogens is 429 g/mol. The zero-order valence-corrected chi connectivity index (χ0v) is 16.1. The van der Waals surface area contributed by atoms with Crippen molar-refractivity contribution in [1.82, 2.24) is 5.43 Å². The van der Waals surface area contributed by atoms with Gasteiger partial charge >= 0.3 is 11.8 Å². The fourth-order valence-corrected chi connectivity index (χ4v) is 2.65. The number of anilines is 1. The minimum atomic E-state index is -1.05. The third-order valence-corrected chi connectivity index (χ3v) is 4.49. The van der Waals surface area contributed by atoms with Crippen molar-refractivity contribution in [2.24, 2.45) is 5.10 Å². The molecule has 1 aromatic heterocycles. The van der Waals surface area contributed by atoms with E-state index in [1.54, 1.807) is 12.1 Å². The molecule has 10 heteroatoms. The first-order valence-corrected chi connectivity index (χ1v) is 8.79. The monoisotopic (exact) mass is 437 g/mol. The van der Waals surface area contributed by atoms with Crippen molar-refractivity contribution in [2.45, 2.75) is 0 Å². The fraction of sp³-hybridized carbons (Fsp3) is 0. The summed E-state index contributed by atoms with van der Waals surface area (Å²) in [5, 5.41) is 7.11. The van der Waals surface area contributed by atoms with Gasteiger partial charge in [0.05, 0.1) is 27.2 Å². The van der Waals surface area contributed by atoms with Gasteiger partial charge in [-0.05, 0) is 36.4 Å². The zero-order chi connectivity index (χ0) is 20.3. The normalized spacial score (nSPS) is 11.0. The molecule has 2 amide bonds. The van der Waals surface area contributed by atoms with E-state index in [1.807, 2.05) is 5.43 Å². The van der Waals surface area contributed by atoms with Gasteiger partial charge < -0.3 is 9.73 Å². The Balaban J connectivity index is 1.68. The van der Waals surface area contributed by atoms with Gasteiger partial charge in [0.2, 0.25) is 5.43 Å². The molecule has 142 valence electrons. The van der Waals surface area contributed by atoms with Crippen LogP contribution in [-0.4, -0.2) is 18.0 Å². The molecule has 7 nitrogen and oxygen atoms in total. The summed E-state index contributed by atoms with van der Waals surface area (Å²) < 4.78 is 5.32. The molecule has 0 bridgehead atoms. The van der Waals surface area contributed by atoms with Crippen LogP contribution in [0.1, 0.15) is 5.56 Å². The predicted molar refractivity (Wildman–Crippen MR) is 108 cm³/mol. The fourth-order valence-electron chi connectivity index (χ4n) is 2.18. The van der Waals surface area contributed by atoms with Gasteiger partial charge in [-0.3, -0.25) is 14.4 Å². The molecule has 0 saturated heterocycles. The molecule has 0 spiro atoms. The number of nitrogens with zero attached hydrogens (tertiary/aromatic N) is 1. The molecule has 0 aliphatic rings. The second kappa shape index (κ2) is 8.43. The van der Waals surface area contributed by atoms with Gasteiger partial charge in [-0.25, -0.2) is 5.43 Å². The van der Waals surface area contributed by atoms with Crippen LogP contribution in [0.15, 0.2) is 57.0 Å². The molecule has 3 aromatic rings. The van der Waals surface area contributed by atoms with Crippen LogP contribution in [0.4, 0.5) is 5.69 Å². The van der Waals surface area contributed by atoms with E-state index >= 15 is 0 Å². The number of carbonyl (C=O) groups is 2. The van der Waals surface area contributed by atoms with Gasteiger partial charge in [-0.1, -0.05) is 34.8 Å². The van der Waals surface area contributed by atoms with Crippen molar-refractivity contribution in [3.63, 3.8) is 0 Å². The molecule has 0 radical (unpaired) electrons. The van der Waals surface area contributed by atoms with E-state index in [9.17, 15) is 14.4 Å². The number of fused-ring (bicyclic) bond motifs is 1. The number of halogens is 3. The van der Waals surface area contributed by atoms with E-state index in [0.717, 1.165) is 6.21 Å². The first-order valence-electron chi connectivity index (χ1n) is 7.65. The molecule has 0 atom stereocenters. The molecule has 28 heavy (non-hydrogen) atoms. The van der Waals surface area contributed by atoms with Gasteiger partial charge in [0.1, 0.15) is 11.8 Å². The highest BCUT2D eigenvalue weighted by atomic mass is 35.5. The van der Waals surface area contributed by atoms with E-state index in [2.05, 4.69) is 10.4 Å². The van der Waals surface area contributed by atoms with E-state index < -0.39 is 11.8 Å². The number of amides is 2. The lowest BCUT2D eigenvalue weighted by atomic mass is 10.2. The summed E-state index contributed by atoms with van der Waals surface area (Å²) in [5.41, 5.74) is 2.34. The second-order valence-electron chi connectivity index (χ2n) is 5.44. The molecule has 0 unspecified atom stereocenters. The van der Waals surface area contributed by atoms with Gasteiger partial charge in [-0.2, -0.15) is 5.10 Å². The van der Waals surface area contributed by atoms with Crippen molar-refractivity contribution < 1.29 is 14.0 Å². The quantitative estimate of drug-likeness (QED) is 0.368. The third kappa shape index (κ3) is 4.51. The van der Waals surface area contributed by atoms with Crippen LogP contribution >= 0.6 is 34.8 Å². The van der Waals surface area contributed by atoms with Crippen molar-refractivity contribution in [2.75, 3.05) is 5.32 Å². The molecular formula is C18H10Cl3N3O4. The Morgan fingerprint density at radius 1 is 1.00 bits per heavy atom. The maximum atomic E-state index is 12.4. The van der Waals surface area contributed by atoms with Crippen LogP contribution in [0.25, 0.3) is 11.0 Å². The maximum absolute atomic E-state index is 12.4. The minimum absolute atomic E-state index is 0.0694. The number of rotatable bonds is 3. The number of hydrogen-bond donors (Lipinski definition) is 2. The predicted octanol–water partition coefficient (Wildman–Crippen LogP) is 3.84. The number of hydrogen-bond acceptors (Lipinski definition) is 5. The first-order chi connectivity index (χ1) is 13.3. The van der Waals surface area contributed by atoms with Crippen LogP contribution in [0, 0.1) is 0 Å². The molecule has 0 saturated carbocycles. The van der Waals surface area contributed by atoms with Gasteiger partial charge in [-0.15, -0.1) is 0 Å². The summed E-state index contributed by atoms with van der Waals surface area (Å²) >= 11 is 17.5. The van der Waals surface area contributed by atoms with E-state index in [4.69, 9.17) is 39.2 Å². The van der Waals surface area contributed by atoms with Gasteiger partial charge in [0, 0.05) is 10.7 Å². The van der Waals surface area contributed by atoms with Crippen LogP contribution in [0.2, 0.25) is 15.1 Å². The number of benzene rings is 2. The third-order valence-electron chi connectivity index (χ3n) is 3.51. The molecule has 0 fully saturated rings. The van der Waals surface area contributed by atoms with E-state index in [1.165, 1.54) is 30.5 Å². The number of nitrogens with one attached hydrogen (secondary N) is 2. The Morgan fingerprint density at radius 2 is 1.79 bits per heavy atom. The summed E-state index contributed by atoms with van der Waals surface area (Å²) in [4.78, 5) is 36.0. The summed E-state index contributed by atoms with van der Waals surface area (Å²) in [6.45, 7) is 0. The Bertz CT molecular complexity index is 1170. The van der Waals surface area contributed by atoms with Crippen molar-refractivity contribution in [1.29, 1.82) is 0 Å². The van der Waals surface area contributed by atoms with Crippen molar-refractivity contribution in [3.8, 4) is 0 Å².